The maximum Gasteiger partial charge on any atom is 0.133 e. The van der Waals surface area contributed by atoms with Crippen molar-refractivity contribution < 1.29 is 4.74 Å². The van der Waals surface area contributed by atoms with Gasteiger partial charge in [0.2, 0.25) is 0 Å². The summed E-state index contributed by atoms with van der Waals surface area (Å²) in [6.07, 6.45) is 2.32. The summed E-state index contributed by atoms with van der Waals surface area (Å²) < 4.78 is 6.81. The third-order valence-corrected chi connectivity index (χ3v) is 3.73. The van der Waals surface area contributed by atoms with Crippen molar-refractivity contribution in [1.82, 2.24) is 0 Å². The van der Waals surface area contributed by atoms with Gasteiger partial charge in [0.25, 0.3) is 0 Å². The van der Waals surface area contributed by atoms with Crippen LogP contribution >= 0.6 is 15.9 Å². The lowest BCUT2D eigenvalue weighted by Gasteiger charge is -2.15. The highest BCUT2D eigenvalue weighted by Gasteiger charge is 2.08. The van der Waals surface area contributed by atoms with Gasteiger partial charge in [-0.15, -0.1) is 0 Å². The predicted molar refractivity (Wildman–Crippen MR) is 76.3 cm³/mol. The molecule has 0 aliphatic rings. The minimum atomic E-state index is 0.0550. The minimum Gasteiger partial charge on any atom is -0.492 e. The largest absolute Gasteiger partial charge is 0.492 e. The molecule has 0 saturated carbocycles. The third-order valence-electron chi connectivity index (χ3n) is 3.11. The van der Waals surface area contributed by atoms with Crippen LogP contribution in [-0.2, 0) is 0 Å². The van der Waals surface area contributed by atoms with Crippen LogP contribution in [0.15, 0.2) is 22.7 Å². The highest BCUT2D eigenvalue weighted by atomic mass is 79.9. The van der Waals surface area contributed by atoms with Gasteiger partial charge in [0.15, 0.2) is 0 Å². The summed E-state index contributed by atoms with van der Waals surface area (Å²) in [6, 6.07) is 6.11. The minimum absolute atomic E-state index is 0.0550. The number of rotatable bonds is 6. The lowest BCUT2D eigenvalue weighted by Crippen LogP contribution is -2.10. The van der Waals surface area contributed by atoms with Crippen LogP contribution in [0.25, 0.3) is 0 Å². The number of nitrogens with two attached hydrogens (primary N) is 1. The van der Waals surface area contributed by atoms with Crippen molar-refractivity contribution in [2.24, 2.45) is 11.7 Å². The van der Waals surface area contributed by atoms with Gasteiger partial charge in [-0.3, -0.25) is 0 Å². The summed E-state index contributed by atoms with van der Waals surface area (Å²) in [4.78, 5) is 0. The molecule has 0 amide bonds. The molecule has 17 heavy (non-hydrogen) atoms. The van der Waals surface area contributed by atoms with Gasteiger partial charge in [0, 0.05) is 6.04 Å². The van der Waals surface area contributed by atoms with E-state index in [2.05, 4.69) is 29.8 Å². The van der Waals surface area contributed by atoms with Gasteiger partial charge in [-0.25, -0.2) is 0 Å². The molecule has 1 aromatic carbocycles. The Labute approximate surface area is 113 Å². The number of benzene rings is 1. The molecular weight excluding hydrogens is 278 g/mol. The Hall–Kier alpha value is -0.540. The molecule has 2 nitrogen and oxygen atoms in total. The van der Waals surface area contributed by atoms with Crippen LogP contribution in [0.4, 0.5) is 0 Å². The van der Waals surface area contributed by atoms with E-state index in [1.807, 2.05) is 25.1 Å². The average molecular weight is 300 g/mol. The van der Waals surface area contributed by atoms with Crippen molar-refractivity contribution in [2.75, 3.05) is 6.61 Å². The summed E-state index contributed by atoms with van der Waals surface area (Å²) in [7, 11) is 0. The zero-order valence-corrected chi connectivity index (χ0v) is 12.5. The first-order chi connectivity index (χ1) is 8.08. The first-order valence-electron chi connectivity index (χ1n) is 6.26. The van der Waals surface area contributed by atoms with Crippen LogP contribution in [0.2, 0.25) is 0 Å². The molecule has 0 radical (unpaired) electrons. The molecule has 0 bridgehead atoms. The van der Waals surface area contributed by atoms with Gasteiger partial charge in [0.1, 0.15) is 5.75 Å². The molecule has 1 unspecified atom stereocenters. The Morgan fingerprint density at radius 2 is 1.94 bits per heavy atom. The van der Waals surface area contributed by atoms with Crippen molar-refractivity contribution in [3.63, 3.8) is 0 Å². The van der Waals surface area contributed by atoms with Crippen LogP contribution in [0.1, 0.15) is 45.2 Å². The van der Waals surface area contributed by atoms with E-state index in [9.17, 15) is 0 Å². The molecule has 0 aliphatic carbocycles. The summed E-state index contributed by atoms with van der Waals surface area (Å²) in [5.74, 6) is 1.54. The third kappa shape index (κ3) is 4.32. The van der Waals surface area contributed by atoms with Crippen LogP contribution in [-0.4, -0.2) is 6.61 Å². The van der Waals surface area contributed by atoms with E-state index < -0.39 is 0 Å². The molecule has 3 heteroatoms. The van der Waals surface area contributed by atoms with E-state index in [0.29, 0.717) is 5.92 Å². The molecule has 1 rings (SSSR count). The van der Waals surface area contributed by atoms with Gasteiger partial charge in [-0.05, 0) is 46.5 Å². The Kier molecular flexibility index (Phi) is 6.00. The fourth-order valence-corrected chi connectivity index (χ4v) is 2.16. The maximum absolute atomic E-state index is 5.84. The SMILES string of the molecule is CCC(CC)COc1ccc(C(C)N)cc1Br. The Balaban J connectivity index is 2.66. The molecule has 2 N–H and O–H groups in total. The molecule has 0 heterocycles. The molecule has 0 fully saturated rings. The summed E-state index contributed by atoms with van der Waals surface area (Å²) >= 11 is 3.53. The average Bonchev–Trinajstić information content (AvgIpc) is 2.31. The van der Waals surface area contributed by atoms with Gasteiger partial charge in [0.05, 0.1) is 11.1 Å². The first kappa shape index (κ1) is 14.5. The van der Waals surface area contributed by atoms with Gasteiger partial charge < -0.3 is 10.5 Å². The second-order valence-corrected chi connectivity index (χ2v) is 5.33. The predicted octanol–water partition coefficient (Wildman–Crippen LogP) is 4.28. The molecule has 0 aromatic heterocycles. The van der Waals surface area contributed by atoms with Crippen molar-refractivity contribution in [3.8, 4) is 5.75 Å². The molecule has 0 spiro atoms. The molecule has 0 aliphatic heterocycles. The van der Waals surface area contributed by atoms with E-state index in [0.717, 1.165) is 35.2 Å². The fourth-order valence-electron chi connectivity index (χ4n) is 1.65. The summed E-state index contributed by atoms with van der Waals surface area (Å²) in [5.41, 5.74) is 6.95. The monoisotopic (exact) mass is 299 g/mol. The number of hydrogen-bond donors (Lipinski definition) is 1. The molecule has 1 atom stereocenters. The highest BCUT2D eigenvalue weighted by Crippen LogP contribution is 2.28. The normalized spacial score (nSPS) is 12.8. The topological polar surface area (TPSA) is 35.2 Å². The Bertz CT molecular complexity index is 348. The fraction of sp³-hybridized carbons (Fsp3) is 0.571. The molecule has 1 aromatic rings. The van der Waals surface area contributed by atoms with E-state index in [1.54, 1.807) is 0 Å². The number of hydrogen-bond acceptors (Lipinski definition) is 2. The van der Waals surface area contributed by atoms with Crippen LogP contribution in [0, 0.1) is 5.92 Å². The van der Waals surface area contributed by atoms with Crippen molar-refractivity contribution in [1.29, 1.82) is 0 Å². The maximum atomic E-state index is 5.84. The van der Waals surface area contributed by atoms with Crippen LogP contribution in [0.3, 0.4) is 0 Å². The molecule has 0 saturated heterocycles. The Morgan fingerprint density at radius 3 is 2.41 bits per heavy atom. The van der Waals surface area contributed by atoms with Gasteiger partial charge >= 0.3 is 0 Å². The van der Waals surface area contributed by atoms with Crippen LogP contribution in [0.5, 0.6) is 5.75 Å². The first-order valence-corrected chi connectivity index (χ1v) is 7.05. The number of halogens is 1. The van der Waals surface area contributed by atoms with E-state index in [4.69, 9.17) is 10.5 Å². The molecular formula is C14H22BrNO. The Morgan fingerprint density at radius 1 is 1.29 bits per heavy atom. The summed E-state index contributed by atoms with van der Waals surface area (Å²) in [5, 5.41) is 0. The van der Waals surface area contributed by atoms with Crippen molar-refractivity contribution in [2.45, 2.75) is 39.7 Å². The van der Waals surface area contributed by atoms with E-state index >= 15 is 0 Å². The lowest BCUT2D eigenvalue weighted by atomic mass is 10.1. The zero-order valence-electron chi connectivity index (χ0n) is 10.9. The second kappa shape index (κ2) is 7.02. The quantitative estimate of drug-likeness (QED) is 0.851. The number of ether oxygens (including phenoxy) is 1. The van der Waals surface area contributed by atoms with Crippen LogP contribution < -0.4 is 10.5 Å². The van der Waals surface area contributed by atoms with Crippen molar-refractivity contribution in [3.05, 3.63) is 28.2 Å². The molecule has 96 valence electrons. The van der Waals surface area contributed by atoms with E-state index in [1.165, 1.54) is 0 Å². The second-order valence-electron chi connectivity index (χ2n) is 4.47. The highest BCUT2D eigenvalue weighted by molar-refractivity contribution is 9.10. The van der Waals surface area contributed by atoms with E-state index in [-0.39, 0.29) is 6.04 Å². The standard InChI is InChI=1S/C14H22BrNO/c1-4-11(5-2)9-17-14-7-6-12(10(3)16)8-13(14)15/h6-8,10-11H,4-5,9,16H2,1-3H3. The van der Waals surface area contributed by atoms with Crippen molar-refractivity contribution >= 4 is 15.9 Å². The lowest BCUT2D eigenvalue weighted by molar-refractivity contribution is 0.239. The van der Waals surface area contributed by atoms with Gasteiger partial charge in [-0.2, -0.15) is 0 Å². The smallest absolute Gasteiger partial charge is 0.133 e. The zero-order chi connectivity index (χ0) is 12.8. The van der Waals surface area contributed by atoms with Gasteiger partial charge in [-0.1, -0.05) is 32.8 Å². The summed E-state index contributed by atoms with van der Waals surface area (Å²) in [6.45, 7) is 7.16.